The second-order valence-corrected chi connectivity index (χ2v) is 14.9. The third-order valence-electron chi connectivity index (χ3n) is 5.95. The van der Waals surface area contributed by atoms with Gasteiger partial charge in [0.25, 0.3) is 0 Å². The van der Waals surface area contributed by atoms with Crippen molar-refractivity contribution in [3.63, 3.8) is 0 Å². The van der Waals surface area contributed by atoms with E-state index in [0.29, 0.717) is 7.25 Å². The molecule has 0 saturated carbocycles. The molecule has 2 unspecified atom stereocenters. The topological polar surface area (TPSA) is 3.24 Å². The molecule has 0 saturated heterocycles. The van der Waals surface area contributed by atoms with E-state index in [1.165, 1.54) is 27.8 Å². The molecule has 29 heavy (non-hydrogen) atoms. The van der Waals surface area contributed by atoms with E-state index in [9.17, 15) is 0 Å². The van der Waals surface area contributed by atoms with Gasteiger partial charge in [0.1, 0.15) is 0 Å². The number of rotatable bonds is 5. The Morgan fingerprint density at radius 1 is 0.828 bits per heavy atom. The summed E-state index contributed by atoms with van der Waals surface area (Å²) in [5.41, 5.74) is 7.17. The Hall–Kier alpha value is -2.02. The van der Waals surface area contributed by atoms with E-state index in [1.807, 2.05) is 0 Å². The van der Waals surface area contributed by atoms with Gasteiger partial charge in [-0.25, -0.2) is 0 Å². The summed E-state index contributed by atoms with van der Waals surface area (Å²) in [6.45, 7) is 0.943. The number of nitrogens with zero attached hydrogens (tertiary/aromatic N) is 1. The van der Waals surface area contributed by atoms with E-state index in [4.69, 9.17) is 0 Å². The monoisotopic (exact) mass is 453 g/mol. The molecule has 2 atom stereocenters. The molecule has 0 N–H and O–H groups in total. The molecule has 1 radical (unpaired) electrons. The third-order valence-corrected chi connectivity index (χ3v) is 14.1. The van der Waals surface area contributed by atoms with Crippen LogP contribution in [-0.2, 0) is 28.3 Å². The number of allylic oxidation sites excluding steroid dienone is 2. The summed E-state index contributed by atoms with van der Waals surface area (Å²) in [5.74, 6) is 0. The zero-order valence-electron chi connectivity index (χ0n) is 17.0. The van der Waals surface area contributed by atoms with Crippen LogP contribution < -0.4 is 3.27 Å². The summed E-state index contributed by atoms with van der Waals surface area (Å²) < 4.78 is 2.74. The normalized spacial score (nSPS) is 18.9. The average Bonchev–Trinajstić information content (AvgIpc) is 3.34. The van der Waals surface area contributed by atoms with Gasteiger partial charge in [-0.05, 0) is 0 Å². The molecule has 2 aliphatic carbocycles. The molecule has 3 aromatic carbocycles. The van der Waals surface area contributed by atoms with E-state index in [2.05, 4.69) is 116 Å². The van der Waals surface area contributed by atoms with Gasteiger partial charge < -0.3 is 0 Å². The molecular formula is C27H25NZr. The van der Waals surface area contributed by atoms with Crippen molar-refractivity contribution in [1.82, 2.24) is 4.90 Å². The third kappa shape index (κ3) is 3.65. The van der Waals surface area contributed by atoms with Gasteiger partial charge in [0.15, 0.2) is 0 Å². The van der Waals surface area contributed by atoms with Crippen molar-refractivity contribution in [1.29, 1.82) is 0 Å². The second-order valence-electron chi connectivity index (χ2n) is 8.23. The number of hydrogen-bond acceptors (Lipinski definition) is 1. The molecule has 0 bridgehead atoms. The molecule has 142 valence electrons. The predicted octanol–water partition coefficient (Wildman–Crippen LogP) is 5.33. The number of hydrogen-bond donors (Lipinski definition) is 0. The van der Waals surface area contributed by atoms with Gasteiger partial charge in [0.05, 0.1) is 0 Å². The van der Waals surface area contributed by atoms with Crippen LogP contribution in [0.1, 0.15) is 35.1 Å². The fourth-order valence-electron chi connectivity index (χ4n) is 4.72. The van der Waals surface area contributed by atoms with Gasteiger partial charge in [-0.15, -0.1) is 0 Å². The maximum atomic E-state index is 3.47. The first-order chi connectivity index (χ1) is 14.2. The van der Waals surface area contributed by atoms with Crippen molar-refractivity contribution in [2.24, 2.45) is 0 Å². The molecule has 2 heteroatoms. The van der Waals surface area contributed by atoms with Crippen molar-refractivity contribution in [2.45, 2.75) is 13.8 Å². The molecule has 0 aromatic heterocycles. The van der Waals surface area contributed by atoms with Gasteiger partial charge in [-0.2, -0.15) is 0 Å². The number of fused-ring (bicyclic) bond motifs is 2. The Balaban J connectivity index is 1.62. The molecule has 5 rings (SSSR count). The minimum atomic E-state index is -2.21. The van der Waals surface area contributed by atoms with Crippen LogP contribution >= 0.6 is 0 Å². The van der Waals surface area contributed by atoms with Gasteiger partial charge in [-0.3, -0.25) is 0 Å². The molecule has 0 spiro atoms. The zero-order valence-corrected chi connectivity index (χ0v) is 19.4. The standard InChI is InChI=1S/C9H11N.2C9H7.Zr/c1-10(2)8-9-6-4-3-5-7-9;2*1-2-5-9-7-3-6-8(9)4-1;/h3-4,7H,8H2,1-2H3;2*1-7H;. The molecule has 3 aromatic rings. The Morgan fingerprint density at radius 3 is 2.00 bits per heavy atom. The average molecular weight is 455 g/mol. The molecule has 0 amide bonds. The summed E-state index contributed by atoms with van der Waals surface area (Å²) in [6, 6.07) is 28.4. The Labute approximate surface area is 182 Å². The molecule has 0 heterocycles. The fourth-order valence-corrected chi connectivity index (χ4v) is 13.4. The Morgan fingerprint density at radius 2 is 1.41 bits per heavy atom. The molecule has 2 aliphatic rings. The Kier molecular flexibility index (Phi) is 5.24. The van der Waals surface area contributed by atoms with E-state index < -0.39 is 21.8 Å². The van der Waals surface area contributed by atoms with Gasteiger partial charge in [0.2, 0.25) is 0 Å². The van der Waals surface area contributed by atoms with Crippen LogP contribution in [0, 0.1) is 6.07 Å². The maximum absolute atomic E-state index is 3.47. The van der Waals surface area contributed by atoms with Crippen LogP contribution in [-0.4, -0.2) is 19.0 Å². The first kappa shape index (κ1) is 19.0. The molecule has 0 aliphatic heterocycles. The summed E-state index contributed by atoms with van der Waals surface area (Å²) in [6.07, 6.45) is 9.69. The van der Waals surface area contributed by atoms with Gasteiger partial charge in [0, 0.05) is 0 Å². The summed E-state index contributed by atoms with van der Waals surface area (Å²) in [5, 5.41) is 0. The molecule has 1 nitrogen and oxygen atoms in total. The van der Waals surface area contributed by atoms with E-state index in [-0.39, 0.29) is 0 Å². The van der Waals surface area contributed by atoms with Crippen LogP contribution in [0.25, 0.3) is 12.2 Å². The summed E-state index contributed by atoms with van der Waals surface area (Å²) >= 11 is -2.21. The minimum absolute atomic E-state index is 0.573. The van der Waals surface area contributed by atoms with E-state index >= 15 is 0 Å². The van der Waals surface area contributed by atoms with Crippen LogP contribution in [0.2, 0.25) is 0 Å². The second kappa shape index (κ2) is 8.01. The van der Waals surface area contributed by atoms with Crippen molar-refractivity contribution in [3.8, 4) is 0 Å². The molecule has 0 fully saturated rings. The summed E-state index contributed by atoms with van der Waals surface area (Å²) in [4.78, 5) is 2.23. The van der Waals surface area contributed by atoms with Crippen LogP contribution in [0.3, 0.4) is 0 Å². The molecular weight excluding hydrogens is 430 g/mol. The van der Waals surface area contributed by atoms with Crippen LogP contribution in [0.5, 0.6) is 0 Å². The van der Waals surface area contributed by atoms with Gasteiger partial charge >= 0.3 is 183 Å². The Bertz CT molecular complexity index is 1030. The first-order valence-corrected chi connectivity index (χ1v) is 14.3. The van der Waals surface area contributed by atoms with Crippen molar-refractivity contribution < 1.29 is 21.8 Å². The van der Waals surface area contributed by atoms with Crippen LogP contribution in [0.15, 0.2) is 78.9 Å². The van der Waals surface area contributed by atoms with Crippen molar-refractivity contribution in [3.05, 3.63) is 113 Å². The fraction of sp³-hybridized carbons (Fsp3) is 0.185. The van der Waals surface area contributed by atoms with E-state index in [0.717, 1.165) is 6.54 Å². The number of benzene rings is 3. The van der Waals surface area contributed by atoms with E-state index in [1.54, 1.807) is 3.27 Å². The van der Waals surface area contributed by atoms with Crippen LogP contribution in [0.4, 0.5) is 0 Å². The summed E-state index contributed by atoms with van der Waals surface area (Å²) in [7, 11) is 4.26. The van der Waals surface area contributed by atoms with Crippen molar-refractivity contribution in [2.75, 3.05) is 14.1 Å². The first-order valence-electron chi connectivity index (χ1n) is 10.3. The van der Waals surface area contributed by atoms with Crippen molar-refractivity contribution >= 4 is 15.4 Å². The van der Waals surface area contributed by atoms with Gasteiger partial charge in [-0.1, -0.05) is 0 Å². The SMILES string of the molecule is CN(C)Cc1[c]cc[c]([Zr]([CH]2C=Cc3ccccc32)[CH]2C=Cc3ccccc32)c1. The predicted molar refractivity (Wildman–Crippen MR) is 119 cm³/mol. The quantitative estimate of drug-likeness (QED) is 0.504. The zero-order chi connectivity index (χ0) is 19.8.